The second kappa shape index (κ2) is 5.48. The minimum atomic E-state index is -1.24. The molecule has 16 heavy (non-hydrogen) atoms. The summed E-state index contributed by atoms with van der Waals surface area (Å²) < 4.78 is 4.98. The van der Waals surface area contributed by atoms with Crippen molar-refractivity contribution in [3.63, 3.8) is 0 Å². The van der Waals surface area contributed by atoms with Crippen molar-refractivity contribution < 1.29 is 24.2 Å². The summed E-state index contributed by atoms with van der Waals surface area (Å²) in [6, 6.07) is -1.19. The third-order valence-corrected chi connectivity index (χ3v) is 1.75. The Morgan fingerprint density at radius 1 is 1.44 bits per heavy atom. The molecule has 1 amide bonds. The van der Waals surface area contributed by atoms with Gasteiger partial charge in [0.05, 0.1) is 0 Å². The zero-order chi connectivity index (χ0) is 12.9. The van der Waals surface area contributed by atoms with Gasteiger partial charge in [0, 0.05) is 13.5 Å². The molecule has 0 bridgehead atoms. The van der Waals surface area contributed by atoms with Crippen LogP contribution in [0, 0.1) is 0 Å². The number of nitrogens with zero attached hydrogens (tertiary/aromatic N) is 1. The predicted molar refractivity (Wildman–Crippen MR) is 56.1 cm³/mol. The van der Waals surface area contributed by atoms with E-state index in [0.29, 0.717) is 6.29 Å². The molecule has 1 N–H and O–H groups in total. The van der Waals surface area contributed by atoms with E-state index in [0.717, 1.165) is 4.90 Å². The molecule has 0 spiro atoms. The lowest BCUT2D eigenvalue weighted by molar-refractivity contribution is -0.143. The molecule has 0 fully saturated rings. The normalized spacial score (nSPS) is 12.8. The minimum absolute atomic E-state index is 0.259. The van der Waals surface area contributed by atoms with Crippen molar-refractivity contribution in [1.29, 1.82) is 0 Å². The van der Waals surface area contributed by atoms with Gasteiger partial charge in [-0.15, -0.1) is 0 Å². The van der Waals surface area contributed by atoms with E-state index in [4.69, 9.17) is 9.84 Å². The van der Waals surface area contributed by atoms with Gasteiger partial charge in [0.2, 0.25) is 0 Å². The molecule has 0 aliphatic carbocycles. The second-order valence-electron chi connectivity index (χ2n) is 4.35. The van der Waals surface area contributed by atoms with E-state index in [1.165, 1.54) is 7.05 Å². The summed E-state index contributed by atoms with van der Waals surface area (Å²) in [5.74, 6) is -1.24. The van der Waals surface area contributed by atoms with Gasteiger partial charge < -0.3 is 14.6 Å². The molecule has 0 heterocycles. The summed E-state index contributed by atoms with van der Waals surface area (Å²) in [4.78, 5) is 33.5. The van der Waals surface area contributed by atoms with Crippen LogP contribution in [-0.4, -0.2) is 47.0 Å². The number of likely N-dealkylation sites (N-methyl/N-ethyl adjacent to an activating group) is 1. The summed E-state index contributed by atoms with van der Waals surface area (Å²) in [7, 11) is 1.29. The Hall–Kier alpha value is -1.59. The average Bonchev–Trinajstić information content (AvgIpc) is 2.09. The smallest absolute Gasteiger partial charge is 0.410 e. The first-order valence-electron chi connectivity index (χ1n) is 4.81. The first-order valence-corrected chi connectivity index (χ1v) is 4.81. The molecule has 1 atom stereocenters. The second-order valence-corrected chi connectivity index (χ2v) is 4.35. The molecule has 0 saturated carbocycles. The number of hydrogen-bond donors (Lipinski definition) is 1. The van der Waals surface area contributed by atoms with E-state index < -0.39 is 23.7 Å². The van der Waals surface area contributed by atoms with Gasteiger partial charge in [-0.25, -0.2) is 9.59 Å². The molecular formula is C10H17NO5. The third-order valence-electron chi connectivity index (χ3n) is 1.75. The highest BCUT2D eigenvalue weighted by Crippen LogP contribution is 2.11. The lowest BCUT2D eigenvalue weighted by atomic mass is 10.2. The van der Waals surface area contributed by atoms with E-state index in [1.807, 2.05) is 0 Å². The molecular weight excluding hydrogens is 214 g/mol. The van der Waals surface area contributed by atoms with Crippen molar-refractivity contribution in [2.24, 2.45) is 0 Å². The van der Waals surface area contributed by atoms with Crippen molar-refractivity contribution in [3.8, 4) is 0 Å². The Morgan fingerprint density at radius 2 is 1.94 bits per heavy atom. The van der Waals surface area contributed by atoms with E-state index in [1.54, 1.807) is 20.8 Å². The fourth-order valence-electron chi connectivity index (χ4n) is 0.977. The number of rotatable bonds is 4. The van der Waals surface area contributed by atoms with Crippen molar-refractivity contribution >= 4 is 18.3 Å². The van der Waals surface area contributed by atoms with Gasteiger partial charge in [-0.3, -0.25) is 4.90 Å². The highest BCUT2D eigenvalue weighted by molar-refractivity contribution is 5.82. The summed E-state index contributed by atoms with van der Waals surface area (Å²) in [6.45, 7) is 5.02. The van der Waals surface area contributed by atoms with Crippen LogP contribution < -0.4 is 0 Å². The van der Waals surface area contributed by atoms with E-state index in [2.05, 4.69) is 0 Å². The Labute approximate surface area is 94.2 Å². The largest absolute Gasteiger partial charge is 0.480 e. The fourth-order valence-corrected chi connectivity index (χ4v) is 0.977. The molecule has 6 heteroatoms. The zero-order valence-electron chi connectivity index (χ0n) is 9.89. The van der Waals surface area contributed by atoms with Crippen LogP contribution in [0.4, 0.5) is 4.79 Å². The van der Waals surface area contributed by atoms with Crippen LogP contribution in [0.1, 0.15) is 27.2 Å². The Kier molecular flexibility index (Phi) is 4.94. The summed E-state index contributed by atoms with van der Waals surface area (Å²) in [6.07, 6.45) is -0.563. The number of carbonyl (C=O) groups excluding carboxylic acids is 2. The van der Waals surface area contributed by atoms with Crippen LogP contribution in [0.5, 0.6) is 0 Å². The maximum Gasteiger partial charge on any atom is 0.410 e. The van der Waals surface area contributed by atoms with E-state index in [9.17, 15) is 14.4 Å². The standard InChI is InChI=1S/C10H17NO5/c1-10(2,3)16-9(15)11(4)7(5-6-12)8(13)14/h6-7H,5H2,1-4H3,(H,13,14). The van der Waals surface area contributed by atoms with Crippen molar-refractivity contribution in [3.05, 3.63) is 0 Å². The average molecular weight is 231 g/mol. The molecule has 6 nitrogen and oxygen atoms in total. The van der Waals surface area contributed by atoms with Gasteiger partial charge in [-0.1, -0.05) is 0 Å². The van der Waals surface area contributed by atoms with Crippen LogP contribution in [0.25, 0.3) is 0 Å². The first-order chi connectivity index (χ1) is 7.19. The number of aliphatic carboxylic acids is 1. The molecule has 0 aromatic rings. The maximum absolute atomic E-state index is 11.5. The molecule has 92 valence electrons. The number of hydrogen-bond acceptors (Lipinski definition) is 4. The monoisotopic (exact) mass is 231 g/mol. The molecule has 0 aromatic carbocycles. The number of carboxylic acids is 1. The number of aldehydes is 1. The maximum atomic E-state index is 11.5. The van der Waals surface area contributed by atoms with Crippen LogP contribution in [-0.2, 0) is 14.3 Å². The van der Waals surface area contributed by atoms with Gasteiger partial charge in [-0.05, 0) is 20.8 Å². The lowest BCUT2D eigenvalue weighted by Gasteiger charge is -2.27. The molecule has 0 saturated heterocycles. The zero-order valence-corrected chi connectivity index (χ0v) is 9.89. The van der Waals surface area contributed by atoms with Crippen LogP contribution in [0.15, 0.2) is 0 Å². The molecule has 0 aromatic heterocycles. The number of amides is 1. The molecule has 0 aliphatic rings. The number of ether oxygens (including phenoxy) is 1. The SMILES string of the molecule is CN(C(=O)OC(C)(C)C)C(CC=O)C(=O)O. The predicted octanol–water partition coefficient (Wildman–Crippen LogP) is 0.896. The number of carbonyl (C=O) groups is 3. The van der Waals surface area contributed by atoms with Crippen molar-refractivity contribution in [2.45, 2.75) is 38.8 Å². The summed E-state index contributed by atoms with van der Waals surface area (Å²) in [5, 5.41) is 8.81. The van der Waals surface area contributed by atoms with Gasteiger partial charge in [0.25, 0.3) is 0 Å². The quantitative estimate of drug-likeness (QED) is 0.726. The minimum Gasteiger partial charge on any atom is -0.480 e. The Bertz CT molecular complexity index is 281. The van der Waals surface area contributed by atoms with Crippen LogP contribution >= 0.6 is 0 Å². The molecule has 0 rings (SSSR count). The highest BCUT2D eigenvalue weighted by atomic mass is 16.6. The number of carboxylic acid groups (broad SMARTS) is 1. The van der Waals surface area contributed by atoms with Gasteiger partial charge in [0.1, 0.15) is 17.9 Å². The van der Waals surface area contributed by atoms with Gasteiger partial charge in [0.15, 0.2) is 0 Å². The van der Waals surface area contributed by atoms with Crippen LogP contribution in [0.3, 0.4) is 0 Å². The van der Waals surface area contributed by atoms with Crippen molar-refractivity contribution in [1.82, 2.24) is 4.90 Å². The van der Waals surface area contributed by atoms with Crippen molar-refractivity contribution in [2.75, 3.05) is 7.05 Å². The Morgan fingerprint density at radius 3 is 2.25 bits per heavy atom. The lowest BCUT2D eigenvalue weighted by Crippen LogP contribution is -2.45. The molecule has 1 unspecified atom stereocenters. The van der Waals surface area contributed by atoms with Crippen LogP contribution in [0.2, 0.25) is 0 Å². The summed E-state index contributed by atoms with van der Waals surface area (Å²) >= 11 is 0. The highest BCUT2D eigenvalue weighted by Gasteiger charge is 2.29. The summed E-state index contributed by atoms with van der Waals surface area (Å²) in [5.41, 5.74) is -0.699. The molecule has 0 radical (unpaired) electrons. The van der Waals surface area contributed by atoms with E-state index in [-0.39, 0.29) is 6.42 Å². The van der Waals surface area contributed by atoms with Gasteiger partial charge in [-0.2, -0.15) is 0 Å². The van der Waals surface area contributed by atoms with E-state index >= 15 is 0 Å². The molecule has 0 aliphatic heterocycles. The fraction of sp³-hybridized carbons (Fsp3) is 0.700. The van der Waals surface area contributed by atoms with Gasteiger partial charge >= 0.3 is 12.1 Å². The first kappa shape index (κ1) is 14.4. The Balaban J connectivity index is 4.61. The third kappa shape index (κ3) is 4.77. The topological polar surface area (TPSA) is 83.9 Å².